The van der Waals surface area contributed by atoms with E-state index in [4.69, 9.17) is 4.74 Å². The molecule has 0 aromatic carbocycles. The first kappa shape index (κ1) is 12.3. The van der Waals surface area contributed by atoms with Crippen LogP contribution < -0.4 is 0 Å². The van der Waals surface area contributed by atoms with E-state index in [-0.39, 0.29) is 5.91 Å². The summed E-state index contributed by atoms with van der Waals surface area (Å²) in [4.78, 5) is 16.2. The topological polar surface area (TPSA) is 32.8 Å². The Morgan fingerprint density at radius 3 is 2.53 bits per heavy atom. The van der Waals surface area contributed by atoms with Crippen LogP contribution in [-0.4, -0.2) is 42.6 Å². The van der Waals surface area contributed by atoms with Gasteiger partial charge in [0.05, 0.1) is 0 Å². The molecule has 4 heteroatoms. The average molecular weight is 238 g/mol. The van der Waals surface area contributed by atoms with Crippen molar-refractivity contribution in [3.8, 4) is 0 Å². The minimum atomic E-state index is 0.136. The minimum absolute atomic E-state index is 0.136. The van der Waals surface area contributed by atoms with Gasteiger partial charge in [-0.15, -0.1) is 0 Å². The lowest BCUT2D eigenvalue weighted by molar-refractivity contribution is -0.129. The van der Waals surface area contributed by atoms with E-state index in [0.717, 1.165) is 43.3 Å². The van der Waals surface area contributed by atoms with Crippen LogP contribution in [0, 0.1) is 5.92 Å². The fourth-order valence-corrected chi connectivity index (χ4v) is 2.60. The highest BCUT2D eigenvalue weighted by atomic mass is 16.5. The molecule has 0 saturated carbocycles. The Morgan fingerprint density at radius 1 is 1.41 bits per heavy atom. The van der Waals surface area contributed by atoms with Crippen LogP contribution in [0.3, 0.4) is 0 Å². The summed E-state index contributed by atoms with van der Waals surface area (Å²) in [5.74, 6) is 1.69. The molecule has 0 N–H and O–H groups in total. The van der Waals surface area contributed by atoms with Gasteiger partial charge in [0, 0.05) is 20.1 Å². The van der Waals surface area contributed by atoms with E-state index in [2.05, 4.69) is 6.92 Å². The number of carbonyl (C=O) groups excluding carboxylic acids is 1. The Balaban J connectivity index is 2.00. The van der Waals surface area contributed by atoms with Crippen LogP contribution in [0.15, 0.2) is 11.5 Å². The van der Waals surface area contributed by atoms with Crippen LogP contribution in [0.2, 0.25) is 0 Å². The second-order valence-corrected chi connectivity index (χ2v) is 5.02. The number of nitrogens with zero attached hydrogens (tertiary/aromatic N) is 2. The van der Waals surface area contributed by atoms with Crippen LogP contribution >= 0.6 is 0 Å². The Bertz CT molecular complexity index is 330. The molecule has 2 aliphatic heterocycles. The maximum Gasteiger partial charge on any atom is 0.273 e. The molecule has 2 heterocycles. The van der Waals surface area contributed by atoms with Crippen molar-refractivity contribution in [2.75, 3.05) is 26.9 Å². The summed E-state index contributed by atoms with van der Waals surface area (Å²) in [7, 11) is 1.91. The molecule has 0 atom stereocenters. The summed E-state index contributed by atoms with van der Waals surface area (Å²) >= 11 is 0. The number of allylic oxidation sites excluding steroid dienone is 1. The second-order valence-electron chi connectivity index (χ2n) is 5.02. The van der Waals surface area contributed by atoms with Gasteiger partial charge in [-0.1, -0.05) is 13.3 Å². The van der Waals surface area contributed by atoms with Crippen molar-refractivity contribution in [1.82, 2.24) is 9.80 Å². The van der Waals surface area contributed by atoms with Crippen molar-refractivity contribution >= 4 is 5.91 Å². The van der Waals surface area contributed by atoms with Crippen molar-refractivity contribution in [3.05, 3.63) is 11.5 Å². The fraction of sp³-hybridized carbons (Fsp3) is 0.769. The van der Waals surface area contributed by atoms with Gasteiger partial charge in [-0.05, 0) is 25.7 Å². The van der Waals surface area contributed by atoms with Gasteiger partial charge in [0.25, 0.3) is 5.91 Å². The first-order chi connectivity index (χ1) is 8.13. The molecule has 0 aromatic heterocycles. The number of hydrogen-bond acceptors (Lipinski definition) is 3. The summed E-state index contributed by atoms with van der Waals surface area (Å²) in [5.41, 5.74) is 0.736. The first-order valence-corrected chi connectivity index (χ1v) is 6.47. The highest BCUT2D eigenvalue weighted by molar-refractivity contribution is 5.93. The maximum atomic E-state index is 12.4. The van der Waals surface area contributed by atoms with Crippen molar-refractivity contribution in [2.45, 2.75) is 33.1 Å². The minimum Gasteiger partial charge on any atom is -0.475 e. The molecule has 1 amide bonds. The van der Waals surface area contributed by atoms with Crippen molar-refractivity contribution in [2.24, 2.45) is 5.92 Å². The quantitative estimate of drug-likeness (QED) is 0.735. The number of ether oxygens (including phenoxy) is 1. The van der Waals surface area contributed by atoms with Crippen LogP contribution in [0.1, 0.15) is 33.1 Å². The number of rotatable bonds is 2. The van der Waals surface area contributed by atoms with Crippen molar-refractivity contribution < 1.29 is 9.53 Å². The normalized spacial score (nSPS) is 22.1. The largest absolute Gasteiger partial charge is 0.475 e. The summed E-state index contributed by atoms with van der Waals surface area (Å²) in [6, 6.07) is 0. The van der Waals surface area contributed by atoms with Gasteiger partial charge in [0.1, 0.15) is 11.5 Å². The summed E-state index contributed by atoms with van der Waals surface area (Å²) in [6.07, 6.45) is 3.51. The Hall–Kier alpha value is -1.19. The van der Waals surface area contributed by atoms with Gasteiger partial charge >= 0.3 is 0 Å². The highest BCUT2D eigenvalue weighted by Crippen LogP contribution is 2.24. The smallest absolute Gasteiger partial charge is 0.273 e. The SMILES string of the molecule is CCC1CCN(C(=O)C2=C(C)OCN2C)CC1. The second kappa shape index (κ2) is 4.98. The molecule has 0 aromatic rings. The van der Waals surface area contributed by atoms with Crippen molar-refractivity contribution in [1.29, 1.82) is 0 Å². The van der Waals surface area contributed by atoms with E-state index in [0.29, 0.717) is 6.73 Å². The van der Waals surface area contributed by atoms with Gasteiger partial charge in [0.15, 0.2) is 6.73 Å². The molecule has 4 nitrogen and oxygen atoms in total. The first-order valence-electron chi connectivity index (χ1n) is 6.47. The number of carbonyl (C=O) groups is 1. The molecule has 2 rings (SSSR count). The van der Waals surface area contributed by atoms with Gasteiger partial charge in [-0.3, -0.25) is 4.79 Å². The molecular weight excluding hydrogens is 216 g/mol. The molecule has 0 spiro atoms. The fourth-order valence-electron chi connectivity index (χ4n) is 2.60. The lowest BCUT2D eigenvalue weighted by Gasteiger charge is -2.32. The predicted molar refractivity (Wildman–Crippen MR) is 66.0 cm³/mol. The standard InChI is InChI=1S/C13H22N2O2/c1-4-11-5-7-15(8-6-11)13(16)12-10(2)17-9-14(12)3/h11H,4-9H2,1-3H3. The summed E-state index contributed by atoms with van der Waals surface area (Å²) in [5, 5.41) is 0. The number of hydrogen-bond donors (Lipinski definition) is 0. The Kier molecular flexibility index (Phi) is 3.60. The van der Waals surface area contributed by atoms with Gasteiger partial charge in [0.2, 0.25) is 0 Å². The third-order valence-electron chi connectivity index (χ3n) is 3.87. The van der Waals surface area contributed by atoms with Gasteiger partial charge < -0.3 is 14.5 Å². The molecule has 96 valence electrons. The van der Waals surface area contributed by atoms with E-state index in [1.54, 1.807) is 0 Å². The zero-order valence-electron chi connectivity index (χ0n) is 11.0. The third-order valence-corrected chi connectivity index (χ3v) is 3.87. The zero-order valence-corrected chi connectivity index (χ0v) is 11.0. The molecule has 0 bridgehead atoms. The van der Waals surface area contributed by atoms with E-state index >= 15 is 0 Å². The molecule has 1 saturated heterocycles. The zero-order chi connectivity index (χ0) is 12.4. The molecule has 1 fully saturated rings. The van der Waals surface area contributed by atoms with E-state index < -0.39 is 0 Å². The lowest BCUT2D eigenvalue weighted by atomic mass is 9.94. The number of amides is 1. The van der Waals surface area contributed by atoms with Gasteiger partial charge in [-0.25, -0.2) is 0 Å². The molecular formula is C13H22N2O2. The van der Waals surface area contributed by atoms with E-state index in [1.807, 2.05) is 23.8 Å². The van der Waals surface area contributed by atoms with Gasteiger partial charge in [-0.2, -0.15) is 0 Å². The lowest BCUT2D eigenvalue weighted by Crippen LogP contribution is -2.41. The van der Waals surface area contributed by atoms with Crippen LogP contribution in [-0.2, 0) is 9.53 Å². The summed E-state index contributed by atoms with van der Waals surface area (Å²) < 4.78 is 5.39. The molecule has 0 radical (unpaired) electrons. The third kappa shape index (κ3) is 2.40. The maximum absolute atomic E-state index is 12.4. The average Bonchev–Trinajstić information content (AvgIpc) is 2.68. The number of piperidine rings is 1. The monoisotopic (exact) mass is 238 g/mol. The summed E-state index contributed by atoms with van der Waals surface area (Å²) in [6.45, 7) is 6.38. The van der Waals surface area contributed by atoms with E-state index in [1.165, 1.54) is 6.42 Å². The Labute approximate surface area is 103 Å². The van der Waals surface area contributed by atoms with Crippen LogP contribution in [0.5, 0.6) is 0 Å². The van der Waals surface area contributed by atoms with Crippen LogP contribution in [0.4, 0.5) is 0 Å². The number of likely N-dealkylation sites (tertiary alicyclic amines) is 1. The van der Waals surface area contributed by atoms with Crippen molar-refractivity contribution in [3.63, 3.8) is 0 Å². The molecule has 2 aliphatic rings. The van der Waals surface area contributed by atoms with Crippen LogP contribution in [0.25, 0.3) is 0 Å². The molecule has 0 unspecified atom stereocenters. The molecule has 0 aliphatic carbocycles. The number of likely N-dealkylation sites (N-methyl/N-ethyl adjacent to an activating group) is 1. The highest BCUT2D eigenvalue weighted by Gasteiger charge is 2.30. The predicted octanol–water partition coefficient (Wildman–Crippen LogP) is 1.79. The Morgan fingerprint density at radius 2 is 2.06 bits per heavy atom. The van der Waals surface area contributed by atoms with E-state index in [9.17, 15) is 4.79 Å². The molecule has 17 heavy (non-hydrogen) atoms.